The minimum absolute atomic E-state index is 0.0532. The second-order valence-electron chi connectivity index (χ2n) is 2.68. The van der Waals surface area contributed by atoms with Crippen molar-refractivity contribution in [2.75, 3.05) is 13.2 Å². The lowest BCUT2D eigenvalue weighted by atomic mass is 10.2. The van der Waals surface area contributed by atoms with E-state index in [1.807, 2.05) is 10.8 Å². The van der Waals surface area contributed by atoms with Gasteiger partial charge in [0.25, 0.3) is 0 Å². The highest BCUT2D eigenvalue weighted by Crippen LogP contribution is 2.18. The molecule has 60 valence electrons. The Bertz CT molecular complexity index is 222. The van der Waals surface area contributed by atoms with Crippen LogP contribution in [-0.4, -0.2) is 34.0 Å². The Labute approximate surface area is 64.4 Å². The summed E-state index contributed by atoms with van der Waals surface area (Å²) in [5.41, 5.74) is 0. The molecule has 0 amide bonds. The number of ether oxygens (including phenoxy) is 1. The first-order valence-corrected chi connectivity index (χ1v) is 3.61. The lowest BCUT2D eigenvalue weighted by molar-refractivity contribution is 0.119. The molecule has 0 aliphatic carbocycles. The summed E-state index contributed by atoms with van der Waals surface area (Å²) in [5, 5.41) is 9.39. The van der Waals surface area contributed by atoms with Crippen LogP contribution in [0.3, 0.4) is 0 Å². The molecule has 2 atom stereocenters. The van der Waals surface area contributed by atoms with Crippen LogP contribution >= 0.6 is 0 Å². The predicted molar refractivity (Wildman–Crippen MR) is 38.1 cm³/mol. The van der Waals surface area contributed by atoms with Gasteiger partial charge in [-0.3, -0.25) is 0 Å². The van der Waals surface area contributed by atoms with Crippen LogP contribution in [0, 0.1) is 0 Å². The molecule has 1 aliphatic rings. The zero-order valence-corrected chi connectivity index (χ0v) is 6.05. The first kappa shape index (κ1) is 6.82. The van der Waals surface area contributed by atoms with Crippen molar-refractivity contribution in [1.29, 1.82) is 0 Å². The van der Waals surface area contributed by atoms with Gasteiger partial charge >= 0.3 is 0 Å². The number of nitrogens with zero attached hydrogens (tertiary/aromatic N) is 2. The minimum Gasteiger partial charge on any atom is -0.388 e. The summed E-state index contributed by atoms with van der Waals surface area (Å²) in [7, 11) is 0. The van der Waals surface area contributed by atoms with Crippen molar-refractivity contribution in [2.45, 2.75) is 12.1 Å². The topological polar surface area (TPSA) is 47.3 Å². The third-order valence-electron chi connectivity index (χ3n) is 1.93. The Morgan fingerprint density at radius 3 is 3.00 bits per heavy atom. The van der Waals surface area contributed by atoms with Crippen LogP contribution in [0.1, 0.15) is 6.04 Å². The van der Waals surface area contributed by atoms with E-state index < -0.39 is 0 Å². The van der Waals surface area contributed by atoms with Gasteiger partial charge in [0.05, 0.1) is 25.6 Å². The second-order valence-corrected chi connectivity index (χ2v) is 2.68. The normalized spacial score (nSPS) is 31.0. The fourth-order valence-electron chi connectivity index (χ4n) is 1.28. The monoisotopic (exact) mass is 154 g/mol. The highest BCUT2D eigenvalue weighted by atomic mass is 16.5. The standard InChI is InChI=1S/C7H10N2O2/c10-7-4-11-3-6(7)9-2-1-8-5-9/h1-2,5-7,10H,3-4H2. The van der Waals surface area contributed by atoms with Crippen LogP contribution in [0.5, 0.6) is 0 Å². The van der Waals surface area contributed by atoms with Gasteiger partial charge in [-0.25, -0.2) is 4.98 Å². The van der Waals surface area contributed by atoms with Gasteiger partial charge in [-0.15, -0.1) is 0 Å². The van der Waals surface area contributed by atoms with E-state index in [2.05, 4.69) is 4.98 Å². The number of hydrogen-bond donors (Lipinski definition) is 1. The Morgan fingerprint density at radius 1 is 1.55 bits per heavy atom. The lowest BCUT2D eigenvalue weighted by Gasteiger charge is -2.12. The maximum Gasteiger partial charge on any atom is 0.100 e. The molecule has 2 heterocycles. The Balaban J connectivity index is 2.16. The van der Waals surface area contributed by atoms with Crippen molar-refractivity contribution in [2.24, 2.45) is 0 Å². The minimum atomic E-state index is -0.385. The van der Waals surface area contributed by atoms with Crippen molar-refractivity contribution >= 4 is 0 Å². The van der Waals surface area contributed by atoms with Crippen molar-refractivity contribution in [1.82, 2.24) is 9.55 Å². The van der Waals surface area contributed by atoms with Gasteiger partial charge in [0.1, 0.15) is 6.10 Å². The smallest absolute Gasteiger partial charge is 0.100 e. The van der Waals surface area contributed by atoms with Gasteiger partial charge in [-0.1, -0.05) is 0 Å². The van der Waals surface area contributed by atoms with Gasteiger partial charge in [0.15, 0.2) is 0 Å². The van der Waals surface area contributed by atoms with E-state index >= 15 is 0 Å². The molecule has 1 aliphatic heterocycles. The molecular formula is C7H10N2O2. The van der Waals surface area contributed by atoms with E-state index in [4.69, 9.17) is 4.74 Å². The third kappa shape index (κ3) is 1.15. The van der Waals surface area contributed by atoms with Crippen LogP contribution in [0.2, 0.25) is 0 Å². The first-order valence-electron chi connectivity index (χ1n) is 3.61. The number of imidazole rings is 1. The summed E-state index contributed by atoms with van der Waals surface area (Å²) in [6, 6.07) is 0.0532. The van der Waals surface area contributed by atoms with E-state index in [0.29, 0.717) is 13.2 Å². The average molecular weight is 154 g/mol. The molecule has 2 unspecified atom stereocenters. The van der Waals surface area contributed by atoms with E-state index in [1.165, 1.54) is 0 Å². The Kier molecular flexibility index (Phi) is 1.63. The molecule has 4 heteroatoms. The van der Waals surface area contributed by atoms with Crippen LogP contribution in [0.4, 0.5) is 0 Å². The van der Waals surface area contributed by atoms with Crippen molar-refractivity contribution in [3.05, 3.63) is 18.7 Å². The summed E-state index contributed by atoms with van der Waals surface area (Å²) in [6.07, 6.45) is 4.85. The number of aliphatic hydroxyl groups excluding tert-OH is 1. The highest BCUT2D eigenvalue weighted by molar-refractivity contribution is 4.86. The fraction of sp³-hybridized carbons (Fsp3) is 0.571. The van der Waals surface area contributed by atoms with Crippen LogP contribution < -0.4 is 0 Å². The van der Waals surface area contributed by atoms with Gasteiger partial charge < -0.3 is 14.4 Å². The van der Waals surface area contributed by atoms with Crippen molar-refractivity contribution in [3.8, 4) is 0 Å². The molecule has 0 saturated carbocycles. The average Bonchev–Trinajstić information content (AvgIpc) is 2.55. The molecule has 1 fully saturated rings. The SMILES string of the molecule is OC1COCC1n1ccnc1. The number of aromatic nitrogens is 2. The quantitative estimate of drug-likeness (QED) is 0.610. The van der Waals surface area contributed by atoms with Gasteiger partial charge in [-0.05, 0) is 0 Å². The number of aliphatic hydroxyl groups is 1. The second kappa shape index (κ2) is 2.64. The van der Waals surface area contributed by atoms with E-state index in [9.17, 15) is 5.11 Å². The maximum absolute atomic E-state index is 9.39. The summed E-state index contributed by atoms with van der Waals surface area (Å²) >= 11 is 0. The zero-order chi connectivity index (χ0) is 7.68. The molecule has 0 bridgehead atoms. The molecule has 2 rings (SSSR count). The van der Waals surface area contributed by atoms with Crippen molar-refractivity contribution < 1.29 is 9.84 Å². The molecule has 1 aromatic heterocycles. The van der Waals surface area contributed by atoms with E-state index in [1.54, 1.807) is 12.5 Å². The van der Waals surface area contributed by atoms with Gasteiger partial charge in [-0.2, -0.15) is 0 Å². The molecule has 0 spiro atoms. The summed E-state index contributed by atoms with van der Waals surface area (Å²) < 4.78 is 6.97. The fourth-order valence-corrected chi connectivity index (χ4v) is 1.28. The summed E-state index contributed by atoms with van der Waals surface area (Å²) in [5.74, 6) is 0. The molecule has 1 saturated heterocycles. The molecule has 1 N–H and O–H groups in total. The predicted octanol–water partition coefficient (Wildman–Crippen LogP) is -0.185. The third-order valence-corrected chi connectivity index (χ3v) is 1.93. The van der Waals surface area contributed by atoms with Gasteiger partial charge in [0.2, 0.25) is 0 Å². The molecule has 1 aromatic rings. The van der Waals surface area contributed by atoms with Gasteiger partial charge in [0, 0.05) is 12.4 Å². The molecule has 4 nitrogen and oxygen atoms in total. The largest absolute Gasteiger partial charge is 0.388 e. The van der Waals surface area contributed by atoms with E-state index in [0.717, 1.165) is 0 Å². The molecule has 0 radical (unpaired) electrons. The maximum atomic E-state index is 9.39. The molecule has 0 aromatic carbocycles. The zero-order valence-electron chi connectivity index (χ0n) is 6.05. The summed E-state index contributed by atoms with van der Waals surface area (Å²) in [4.78, 5) is 3.90. The number of rotatable bonds is 1. The first-order chi connectivity index (χ1) is 5.38. The molecular weight excluding hydrogens is 144 g/mol. The Hall–Kier alpha value is -0.870. The van der Waals surface area contributed by atoms with Crippen LogP contribution in [0.15, 0.2) is 18.7 Å². The summed E-state index contributed by atoms with van der Waals surface area (Å²) in [6.45, 7) is 1.01. The van der Waals surface area contributed by atoms with E-state index in [-0.39, 0.29) is 12.1 Å². The lowest BCUT2D eigenvalue weighted by Crippen LogP contribution is -2.20. The van der Waals surface area contributed by atoms with Crippen LogP contribution in [0.25, 0.3) is 0 Å². The van der Waals surface area contributed by atoms with Crippen LogP contribution in [-0.2, 0) is 4.74 Å². The Morgan fingerprint density at radius 2 is 2.45 bits per heavy atom. The molecule has 11 heavy (non-hydrogen) atoms. The highest BCUT2D eigenvalue weighted by Gasteiger charge is 2.26. The van der Waals surface area contributed by atoms with Crippen molar-refractivity contribution in [3.63, 3.8) is 0 Å². The number of hydrogen-bond acceptors (Lipinski definition) is 3.